The SMILES string of the molecule is CC.CC.CC/C=C\N(C)C=O.CC1C(=O)CC[C@@H](C)C[C@@H](C)C(=O)C(C)C2NC(=O)OC2COC1=O.CC1CC(N(C)C)CC(O)O1.CO.CO. The van der Waals surface area contributed by atoms with Crippen molar-refractivity contribution in [3.8, 4) is 0 Å². The summed E-state index contributed by atoms with van der Waals surface area (Å²) in [5, 5.41) is 25.9. The highest BCUT2D eigenvalue weighted by Gasteiger charge is 2.42. The van der Waals surface area contributed by atoms with E-state index in [0.717, 1.165) is 39.9 Å². The van der Waals surface area contributed by atoms with E-state index in [4.69, 9.17) is 24.4 Å². The van der Waals surface area contributed by atoms with Gasteiger partial charge >= 0.3 is 12.1 Å². The van der Waals surface area contributed by atoms with Gasteiger partial charge in [-0.1, -0.05) is 61.5 Å². The molecule has 0 saturated carbocycles. The summed E-state index contributed by atoms with van der Waals surface area (Å²) in [6.45, 7) is 19.0. The lowest BCUT2D eigenvalue weighted by Crippen LogP contribution is -2.45. The number of ether oxygens (including phenoxy) is 3. The maximum absolute atomic E-state index is 12.7. The molecule has 3 rings (SSSR count). The van der Waals surface area contributed by atoms with Crippen LogP contribution < -0.4 is 5.32 Å². The summed E-state index contributed by atoms with van der Waals surface area (Å²) in [7, 11) is 7.78. The first-order valence-corrected chi connectivity index (χ1v) is 18.5. The zero-order chi connectivity index (χ0) is 41.6. The average Bonchev–Trinajstić information content (AvgIpc) is 3.53. The Labute approximate surface area is 314 Å². The molecule has 308 valence electrons. The lowest BCUT2D eigenvalue weighted by atomic mass is 9.82. The van der Waals surface area contributed by atoms with Gasteiger partial charge in [0.15, 0.2) is 12.4 Å². The highest BCUT2D eigenvalue weighted by molar-refractivity contribution is 5.98. The minimum Gasteiger partial charge on any atom is -0.461 e. The molecule has 0 bridgehead atoms. The van der Waals surface area contributed by atoms with Crippen molar-refractivity contribution in [3.05, 3.63) is 12.3 Å². The van der Waals surface area contributed by atoms with Crippen molar-refractivity contribution in [2.75, 3.05) is 42.0 Å². The maximum Gasteiger partial charge on any atom is 0.407 e. The molecule has 0 aromatic heterocycles. The van der Waals surface area contributed by atoms with Crippen molar-refractivity contribution in [3.63, 3.8) is 0 Å². The number of carbonyl (C=O) groups excluding carboxylic acids is 5. The molecule has 7 unspecified atom stereocenters. The number of amides is 2. The van der Waals surface area contributed by atoms with E-state index in [0.29, 0.717) is 18.9 Å². The second kappa shape index (κ2) is 33.9. The number of aliphatic hydroxyl groups is 3. The molecule has 2 amide bonds. The number of esters is 1. The lowest BCUT2D eigenvalue weighted by Gasteiger charge is -2.34. The number of allylic oxidation sites excluding steroid dienone is 1. The quantitative estimate of drug-likeness (QED) is 0.178. The predicted octanol–water partition coefficient (Wildman–Crippen LogP) is 4.57. The molecule has 0 aromatic carbocycles. The van der Waals surface area contributed by atoms with Gasteiger partial charge in [-0.2, -0.15) is 0 Å². The third kappa shape index (κ3) is 23.6. The number of nitrogens with zero attached hydrogens (tertiary/aromatic N) is 2. The van der Waals surface area contributed by atoms with Gasteiger partial charge in [-0.15, -0.1) is 0 Å². The average molecular weight is 750 g/mol. The van der Waals surface area contributed by atoms with E-state index in [1.165, 1.54) is 11.8 Å². The minimum atomic E-state index is -0.838. The molecule has 3 fully saturated rings. The van der Waals surface area contributed by atoms with Gasteiger partial charge in [-0.05, 0) is 59.5 Å². The van der Waals surface area contributed by atoms with E-state index >= 15 is 0 Å². The lowest BCUT2D eigenvalue weighted by molar-refractivity contribution is -0.172. The molecule has 0 aliphatic carbocycles. The number of rotatable bonds is 4. The summed E-state index contributed by atoms with van der Waals surface area (Å²) in [4.78, 5) is 62.0. The molecule has 0 spiro atoms. The van der Waals surface area contributed by atoms with Crippen LogP contribution in [0, 0.1) is 23.7 Å². The number of aliphatic hydroxyl groups excluding tert-OH is 3. The zero-order valence-electron chi connectivity index (χ0n) is 34.9. The van der Waals surface area contributed by atoms with Crippen molar-refractivity contribution in [1.82, 2.24) is 15.1 Å². The highest BCUT2D eigenvalue weighted by Crippen LogP contribution is 2.26. The van der Waals surface area contributed by atoms with Gasteiger partial charge in [0.2, 0.25) is 6.41 Å². The number of carbonyl (C=O) groups is 5. The van der Waals surface area contributed by atoms with E-state index < -0.39 is 42.3 Å². The summed E-state index contributed by atoms with van der Waals surface area (Å²) in [6.07, 6.45) is 7.02. The Hall–Kier alpha value is -2.91. The first-order chi connectivity index (χ1) is 24.6. The van der Waals surface area contributed by atoms with Crippen LogP contribution in [0.15, 0.2) is 12.3 Å². The van der Waals surface area contributed by atoms with Crippen molar-refractivity contribution in [1.29, 1.82) is 0 Å². The number of alkyl carbamates (subject to hydrolysis) is 1. The molecule has 52 heavy (non-hydrogen) atoms. The fourth-order valence-electron chi connectivity index (χ4n) is 5.37. The molecule has 4 N–H and O–H groups in total. The predicted molar refractivity (Wildman–Crippen MR) is 204 cm³/mol. The number of cyclic esters (lactones) is 1. The van der Waals surface area contributed by atoms with E-state index in [1.807, 2.05) is 75.6 Å². The molecular formula is C38H75N3O11. The molecule has 14 nitrogen and oxygen atoms in total. The number of fused-ring (bicyclic) bond motifs is 1. The molecule has 3 saturated heterocycles. The zero-order valence-corrected chi connectivity index (χ0v) is 34.9. The summed E-state index contributed by atoms with van der Waals surface area (Å²) in [5.41, 5.74) is 0. The second-order valence-corrected chi connectivity index (χ2v) is 12.5. The van der Waals surface area contributed by atoms with Crippen molar-refractivity contribution in [2.24, 2.45) is 23.7 Å². The third-order valence-corrected chi connectivity index (χ3v) is 8.22. The normalized spacial score (nSPS) is 28.7. The molecule has 3 aliphatic heterocycles. The van der Waals surface area contributed by atoms with E-state index in [-0.39, 0.29) is 42.5 Å². The number of hydrogen-bond donors (Lipinski definition) is 4. The van der Waals surface area contributed by atoms with Crippen molar-refractivity contribution < 1.29 is 53.5 Å². The molecule has 9 atom stereocenters. The van der Waals surface area contributed by atoms with Crippen molar-refractivity contribution in [2.45, 2.75) is 138 Å². The van der Waals surface area contributed by atoms with Crippen LogP contribution in [0.5, 0.6) is 0 Å². The van der Waals surface area contributed by atoms with Crippen LogP contribution in [0.3, 0.4) is 0 Å². The van der Waals surface area contributed by atoms with E-state index in [2.05, 4.69) is 10.2 Å². The van der Waals surface area contributed by atoms with E-state index in [1.54, 1.807) is 20.2 Å². The van der Waals surface area contributed by atoms with Crippen LogP contribution in [0.25, 0.3) is 0 Å². The van der Waals surface area contributed by atoms with Gasteiger partial charge < -0.3 is 44.6 Å². The number of Topliss-reactive ketones (excluding diaryl/α,β-unsaturated/α-hetero) is 2. The Balaban J connectivity index is -0.000000353. The van der Waals surface area contributed by atoms with Gasteiger partial charge in [0, 0.05) is 58.2 Å². The summed E-state index contributed by atoms with van der Waals surface area (Å²) >= 11 is 0. The topological polar surface area (TPSA) is 192 Å². The van der Waals surface area contributed by atoms with Gasteiger partial charge in [0.1, 0.15) is 24.1 Å². The summed E-state index contributed by atoms with van der Waals surface area (Å²) in [5.74, 6) is -2.03. The standard InChI is InChI=1S/C18H27NO6.C8H17NO2.C6H11NO.2C2H6.2CH4O/c1-9-5-6-13(20)11(3)17(22)24-8-14-15(19-18(23)25-14)12(4)16(21)10(2)7-9;1-6-4-7(9(2)3)5-8(10)11-6;1-3-4-5-7(2)6-8;4*1-2/h9-12,14-15H,5-8H2,1-4H3,(H,19,23);6-8,10H,4-5H2,1-3H3;4-6H,3H2,1-2H3;2*1-2H3;2*2H,1H3/b;;5-4-;;;;/t9-,10-,11?,12?,14?,15?;;;;;;/m1....../s1. The highest BCUT2D eigenvalue weighted by atomic mass is 16.6. The molecule has 0 radical (unpaired) electrons. The van der Waals surface area contributed by atoms with Gasteiger partial charge in [-0.25, -0.2) is 4.79 Å². The second-order valence-electron chi connectivity index (χ2n) is 12.5. The minimum absolute atomic E-state index is 0.0377. The smallest absolute Gasteiger partial charge is 0.407 e. The fraction of sp³-hybridized carbons (Fsp3) is 0.816. The number of nitrogens with one attached hydrogen (secondary N) is 1. The van der Waals surface area contributed by atoms with E-state index in [9.17, 15) is 29.1 Å². The largest absolute Gasteiger partial charge is 0.461 e. The first-order valence-electron chi connectivity index (χ1n) is 18.5. The Bertz CT molecular complexity index is 970. The van der Waals surface area contributed by atoms with Crippen molar-refractivity contribution >= 4 is 30.0 Å². The molecule has 3 heterocycles. The number of hydrogen-bond acceptors (Lipinski definition) is 12. The van der Waals surface area contributed by atoms with Gasteiger partial charge in [0.25, 0.3) is 0 Å². The molecular weight excluding hydrogens is 674 g/mol. The Kier molecular flexibility index (Phi) is 36.4. The third-order valence-electron chi connectivity index (χ3n) is 8.22. The van der Waals surface area contributed by atoms with Crippen LogP contribution in [0.2, 0.25) is 0 Å². The first kappa shape index (κ1) is 55.8. The Morgan fingerprint density at radius 3 is 1.92 bits per heavy atom. The van der Waals surface area contributed by atoms with Crippen LogP contribution in [-0.4, -0.2) is 128 Å². The van der Waals surface area contributed by atoms with Gasteiger partial charge in [0.05, 0.1) is 12.1 Å². The summed E-state index contributed by atoms with van der Waals surface area (Å²) in [6, 6.07) is -0.0757. The van der Waals surface area contributed by atoms with Crippen LogP contribution in [-0.2, 0) is 33.4 Å². The molecule has 14 heteroatoms. The molecule has 3 aliphatic rings. The van der Waals surface area contributed by atoms with Crippen LogP contribution in [0.4, 0.5) is 4.79 Å². The van der Waals surface area contributed by atoms with Gasteiger partial charge in [-0.3, -0.25) is 19.2 Å². The number of ketones is 2. The Morgan fingerprint density at radius 1 is 0.885 bits per heavy atom. The van der Waals surface area contributed by atoms with Crippen LogP contribution in [0.1, 0.15) is 108 Å². The monoisotopic (exact) mass is 750 g/mol. The fourth-order valence-corrected chi connectivity index (χ4v) is 5.37. The van der Waals surface area contributed by atoms with Crippen LogP contribution >= 0.6 is 0 Å². The maximum atomic E-state index is 12.7. The summed E-state index contributed by atoms with van der Waals surface area (Å²) < 4.78 is 15.5. The molecule has 0 aromatic rings. The Morgan fingerprint density at radius 2 is 1.44 bits per heavy atom.